The van der Waals surface area contributed by atoms with Crippen molar-refractivity contribution < 1.29 is 9.72 Å². The van der Waals surface area contributed by atoms with Crippen molar-refractivity contribution in [2.24, 2.45) is 14.1 Å². The Morgan fingerprint density at radius 3 is 2.52 bits per heavy atom. The van der Waals surface area contributed by atoms with Gasteiger partial charge in [-0.15, -0.1) is 0 Å². The molecule has 0 aliphatic heterocycles. The highest BCUT2D eigenvalue weighted by molar-refractivity contribution is 6.14. The summed E-state index contributed by atoms with van der Waals surface area (Å²) in [6, 6.07) is 12.2. The van der Waals surface area contributed by atoms with Gasteiger partial charge in [0.05, 0.1) is 16.0 Å². The van der Waals surface area contributed by atoms with Crippen molar-refractivity contribution in [2.75, 3.05) is 0 Å². The fraction of sp³-hybridized carbons (Fsp3) is 0.105. The van der Waals surface area contributed by atoms with Crippen molar-refractivity contribution in [3.8, 4) is 6.07 Å². The van der Waals surface area contributed by atoms with Gasteiger partial charge in [-0.2, -0.15) is 5.26 Å². The molecule has 0 N–H and O–H groups in total. The van der Waals surface area contributed by atoms with Gasteiger partial charge in [-0.1, -0.05) is 18.2 Å². The Labute approximate surface area is 153 Å². The molecule has 0 fully saturated rings. The summed E-state index contributed by atoms with van der Waals surface area (Å²) in [5.41, 5.74) is 1.46. The van der Waals surface area contributed by atoms with E-state index in [1.165, 1.54) is 33.4 Å². The zero-order valence-corrected chi connectivity index (χ0v) is 14.5. The van der Waals surface area contributed by atoms with E-state index in [9.17, 15) is 25.0 Å². The van der Waals surface area contributed by atoms with Crippen LogP contribution in [0.3, 0.4) is 0 Å². The molecular formula is C19H14N4O4. The summed E-state index contributed by atoms with van der Waals surface area (Å²) >= 11 is 0. The lowest BCUT2D eigenvalue weighted by Gasteiger charge is -2.01. The van der Waals surface area contributed by atoms with Gasteiger partial charge in [0.2, 0.25) is 5.78 Å². The van der Waals surface area contributed by atoms with Gasteiger partial charge in [-0.25, -0.2) is 4.79 Å². The SMILES string of the molecule is Cn1c(=O)n(C)c2cc(/C=C(\C#N)C(=O)c3cccc([N+](=O)[O-])c3)ccc21. The number of aromatic nitrogens is 2. The molecule has 0 atom stereocenters. The van der Waals surface area contributed by atoms with Gasteiger partial charge in [0.25, 0.3) is 5.69 Å². The molecule has 0 unspecified atom stereocenters. The van der Waals surface area contributed by atoms with E-state index in [1.54, 1.807) is 32.3 Å². The highest BCUT2D eigenvalue weighted by atomic mass is 16.6. The van der Waals surface area contributed by atoms with Crippen LogP contribution in [-0.4, -0.2) is 19.8 Å². The van der Waals surface area contributed by atoms with Gasteiger partial charge in [0.15, 0.2) is 0 Å². The maximum Gasteiger partial charge on any atom is 0.328 e. The molecule has 3 aromatic rings. The van der Waals surface area contributed by atoms with E-state index >= 15 is 0 Å². The third-order valence-corrected chi connectivity index (χ3v) is 4.29. The molecule has 0 aliphatic rings. The number of fused-ring (bicyclic) bond motifs is 1. The summed E-state index contributed by atoms with van der Waals surface area (Å²) in [5.74, 6) is -0.608. The predicted octanol–water partition coefficient (Wildman–Crippen LogP) is 2.58. The first-order valence-corrected chi connectivity index (χ1v) is 7.90. The van der Waals surface area contributed by atoms with Crippen molar-refractivity contribution in [1.29, 1.82) is 5.26 Å². The Hall–Kier alpha value is -3.99. The Balaban J connectivity index is 2.05. The van der Waals surface area contributed by atoms with Gasteiger partial charge in [0, 0.05) is 31.8 Å². The normalized spacial score (nSPS) is 11.4. The van der Waals surface area contributed by atoms with E-state index < -0.39 is 10.7 Å². The molecule has 0 saturated heterocycles. The van der Waals surface area contributed by atoms with Crippen LogP contribution in [0, 0.1) is 21.4 Å². The molecule has 134 valence electrons. The number of benzene rings is 2. The van der Waals surface area contributed by atoms with E-state index in [1.807, 2.05) is 6.07 Å². The lowest BCUT2D eigenvalue weighted by atomic mass is 10.0. The fourth-order valence-electron chi connectivity index (χ4n) is 2.85. The molecule has 0 saturated carbocycles. The zero-order valence-electron chi connectivity index (χ0n) is 14.5. The number of allylic oxidation sites excluding steroid dienone is 1. The molecule has 27 heavy (non-hydrogen) atoms. The first kappa shape index (κ1) is 17.8. The van der Waals surface area contributed by atoms with Crippen LogP contribution in [0.25, 0.3) is 17.1 Å². The zero-order chi connectivity index (χ0) is 19.7. The quantitative estimate of drug-likeness (QED) is 0.233. The third kappa shape index (κ3) is 3.14. The Kier molecular flexibility index (Phi) is 4.44. The number of imidazole rings is 1. The monoisotopic (exact) mass is 362 g/mol. The standard InChI is InChI=1S/C19H14N4O4/c1-21-16-7-6-12(9-17(16)22(2)19(21)25)8-14(11-20)18(24)13-4-3-5-15(10-13)23(26)27/h3-10H,1-2H3/b14-8+. The van der Waals surface area contributed by atoms with Crippen LogP contribution in [0.2, 0.25) is 0 Å². The van der Waals surface area contributed by atoms with Crippen molar-refractivity contribution in [3.05, 3.63) is 79.8 Å². The summed E-state index contributed by atoms with van der Waals surface area (Å²) in [4.78, 5) is 34.9. The minimum Gasteiger partial charge on any atom is -0.295 e. The topological polar surface area (TPSA) is 111 Å². The van der Waals surface area contributed by atoms with Crippen molar-refractivity contribution >= 4 is 28.6 Å². The lowest BCUT2D eigenvalue weighted by molar-refractivity contribution is -0.384. The maximum absolute atomic E-state index is 12.6. The fourth-order valence-corrected chi connectivity index (χ4v) is 2.85. The number of aryl methyl sites for hydroxylation is 2. The average molecular weight is 362 g/mol. The number of nitriles is 1. The Morgan fingerprint density at radius 1 is 1.15 bits per heavy atom. The number of hydrogen-bond donors (Lipinski definition) is 0. The van der Waals surface area contributed by atoms with Crippen LogP contribution in [0.1, 0.15) is 15.9 Å². The number of hydrogen-bond acceptors (Lipinski definition) is 5. The molecule has 0 aliphatic carbocycles. The van der Waals surface area contributed by atoms with Gasteiger partial charge in [0.1, 0.15) is 11.6 Å². The van der Waals surface area contributed by atoms with E-state index in [0.717, 1.165) is 11.6 Å². The third-order valence-electron chi connectivity index (χ3n) is 4.29. The number of carbonyl (C=O) groups is 1. The Bertz CT molecular complexity index is 1220. The highest BCUT2D eigenvalue weighted by Gasteiger charge is 2.16. The van der Waals surface area contributed by atoms with Crippen LogP contribution in [-0.2, 0) is 14.1 Å². The average Bonchev–Trinajstić information content (AvgIpc) is 2.89. The molecule has 0 bridgehead atoms. The molecule has 8 heteroatoms. The largest absolute Gasteiger partial charge is 0.328 e. The maximum atomic E-state index is 12.6. The molecule has 0 spiro atoms. The number of carbonyl (C=O) groups excluding carboxylic acids is 1. The number of nitro benzene ring substituents is 1. The number of non-ortho nitro benzene ring substituents is 1. The second-order valence-electron chi connectivity index (χ2n) is 5.96. The predicted molar refractivity (Wildman–Crippen MR) is 99.2 cm³/mol. The van der Waals surface area contributed by atoms with Crippen molar-refractivity contribution in [3.63, 3.8) is 0 Å². The number of nitro groups is 1. The minimum atomic E-state index is -0.608. The van der Waals surface area contributed by atoms with E-state index in [-0.39, 0.29) is 22.5 Å². The molecular weight excluding hydrogens is 348 g/mol. The molecule has 0 amide bonds. The van der Waals surface area contributed by atoms with Gasteiger partial charge >= 0.3 is 5.69 Å². The van der Waals surface area contributed by atoms with Crippen molar-refractivity contribution in [1.82, 2.24) is 9.13 Å². The molecule has 8 nitrogen and oxygen atoms in total. The summed E-state index contributed by atoms with van der Waals surface area (Å²) in [6.45, 7) is 0. The number of nitrogens with zero attached hydrogens (tertiary/aromatic N) is 4. The Morgan fingerprint density at radius 2 is 1.85 bits per heavy atom. The van der Waals surface area contributed by atoms with Crippen LogP contribution >= 0.6 is 0 Å². The highest BCUT2D eigenvalue weighted by Crippen LogP contribution is 2.20. The molecule has 1 aromatic heterocycles. The second-order valence-corrected chi connectivity index (χ2v) is 5.96. The minimum absolute atomic E-state index is 0.0604. The van der Waals surface area contributed by atoms with E-state index in [4.69, 9.17) is 0 Å². The van der Waals surface area contributed by atoms with Crippen LogP contribution in [0.5, 0.6) is 0 Å². The summed E-state index contributed by atoms with van der Waals surface area (Å²) in [7, 11) is 3.30. The number of Topliss-reactive ketones (excluding diaryl/α,β-unsaturated/α-hetero) is 1. The smallest absolute Gasteiger partial charge is 0.295 e. The van der Waals surface area contributed by atoms with Gasteiger partial charge in [-0.05, 0) is 23.8 Å². The molecule has 2 aromatic carbocycles. The lowest BCUT2D eigenvalue weighted by Crippen LogP contribution is -2.19. The number of rotatable bonds is 4. The summed E-state index contributed by atoms with van der Waals surface area (Å²) in [5, 5.41) is 20.3. The van der Waals surface area contributed by atoms with Gasteiger partial charge < -0.3 is 0 Å². The molecule has 0 radical (unpaired) electrons. The second kappa shape index (κ2) is 6.72. The first-order chi connectivity index (χ1) is 12.8. The summed E-state index contributed by atoms with van der Waals surface area (Å²) < 4.78 is 2.98. The number of ketones is 1. The van der Waals surface area contributed by atoms with E-state index in [2.05, 4.69) is 0 Å². The van der Waals surface area contributed by atoms with E-state index in [0.29, 0.717) is 11.1 Å². The molecule has 1 heterocycles. The molecule has 3 rings (SSSR count). The summed E-state index contributed by atoms with van der Waals surface area (Å²) in [6.07, 6.45) is 1.40. The van der Waals surface area contributed by atoms with Crippen LogP contribution in [0.15, 0.2) is 52.8 Å². The van der Waals surface area contributed by atoms with Crippen LogP contribution < -0.4 is 5.69 Å². The van der Waals surface area contributed by atoms with Crippen molar-refractivity contribution in [2.45, 2.75) is 0 Å². The first-order valence-electron chi connectivity index (χ1n) is 7.90. The van der Waals surface area contributed by atoms with Gasteiger partial charge in [-0.3, -0.25) is 24.0 Å². The van der Waals surface area contributed by atoms with Crippen LogP contribution in [0.4, 0.5) is 5.69 Å².